The predicted octanol–water partition coefficient (Wildman–Crippen LogP) is 3.19. The zero-order valence-electron chi connectivity index (χ0n) is 8.25. The summed E-state index contributed by atoms with van der Waals surface area (Å²) in [6, 6.07) is 0.581. The highest BCUT2D eigenvalue weighted by Gasteiger charge is 2.26. The largest absolute Gasteiger partial charge is 0.357 e. The van der Waals surface area contributed by atoms with Crippen LogP contribution in [0.1, 0.15) is 32.6 Å². The highest BCUT2D eigenvalue weighted by molar-refractivity contribution is 7.73. The first-order chi connectivity index (χ1) is 6.79. The van der Waals surface area contributed by atoms with E-state index in [1.165, 1.54) is 30.6 Å². The van der Waals surface area contributed by atoms with Crippen LogP contribution in [0.25, 0.3) is 0 Å². The van der Waals surface area contributed by atoms with E-state index in [1.807, 2.05) is 0 Å². The van der Waals surface area contributed by atoms with Crippen LogP contribution in [0.4, 0.5) is 5.13 Å². The molecule has 0 amide bonds. The van der Waals surface area contributed by atoms with Gasteiger partial charge in [0.15, 0.2) is 3.95 Å². The van der Waals surface area contributed by atoms with E-state index in [0.717, 1.165) is 21.4 Å². The summed E-state index contributed by atoms with van der Waals surface area (Å²) in [5.74, 6) is 0.845. The van der Waals surface area contributed by atoms with Crippen molar-refractivity contribution in [2.24, 2.45) is 5.92 Å². The minimum atomic E-state index is 0.581. The third-order valence-corrected chi connectivity index (χ3v) is 3.93. The predicted molar refractivity (Wildman–Crippen MR) is 62.3 cm³/mol. The highest BCUT2D eigenvalue weighted by Crippen LogP contribution is 2.32. The summed E-state index contributed by atoms with van der Waals surface area (Å²) in [6.45, 7) is 2.22. The van der Waals surface area contributed by atoms with E-state index in [0.29, 0.717) is 6.04 Å². The molecule has 0 spiro atoms. The van der Waals surface area contributed by atoms with Crippen molar-refractivity contribution in [2.45, 2.75) is 38.6 Å². The number of aromatic nitrogens is 2. The van der Waals surface area contributed by atoms with Crippen LogP contribution in [0.5, 0.6) is 0 Å². The first-order valence-corrected chi connectivity index (χ1v) is 6.34. The Morgan fingerprint density at radius 2 is 2.50 bits per heavy atom. The van der Waals surface area contributed by atoms with Crippen LogP contribution < -0.4 is 5.32 Å². The Kier molecular flexibility index (Phi) is 3.18. The van der Waals surface area contributed by atoms with Gasteiger partial charge in [-0.1, -0.05) is 24.7 Å². The van der Waals surface area contributed by atoms with Crippen LogP contribution in [0.15, 0.2) is 0 Å². The molecule has 0 radical (unpaired) electrons. The van der Waals surface area contributed by atoms with Gasteiger partial charge in [0.05, 0.1) is 0 Å². The minimum Gasteiger partial charge on any atom is -0.357 e. The minimum absolute atomic E-state index is 0.581. The normalized spacial score (nSPS) is 18.9. The number of rotatable bonds is 4. The van der Waals surface area contributed by atoms with Crippen molar-refractivity contribution in [1.29, 1.82) is 0 Å². The zero-order chi connectivity index (χ0) is 9.97. The number of hydrogen-bond acceptors (Lipinski definition) is 4. The van der Waals surface area contributed by atoms with E-state index in [2.05, 4.69) is 22.4 Å². The lowest BCUT2D eigenvalue weighted by molar-refractivity contribution is 0.270. The van der Waals surface area contributed by atoms with Gasteiger partial charge in [0.1, 0.15) is 0 Å². The summed E-state index contributed by atoms with van der Waals surface area (Å²) in [5, 5.41) is 11.3. The molecule has 78 valence electrons. The van der Waals surface area contributed by atoms with Crippen molar-refractivity contribution >= 4 is 28.7 Å². The summed E-state index contributed by atoms with van der Waals surface area (Å²) in [5.41, 5.74) is 0. The average molecular weight is 229 g/mol. The maximum absolute atomic E-state index is 4.99. The third kappa shape index (κ3) is 2.15. The van der Waals surface area contributed by atoms with Crippen LogP contribution in [0.3, 0.4) is 0 Å². The lowest BCUT2D eigenvalue weighted by Gasteiger charge is -2.33. The van der Waals surface area contributed by atoms with E-state index in [1.54, 1.807) is 0 Å². The van der Waals surface area contributed by atoms with Gasteiger partial charge >= 0.3 is 0 Å². The quantitative estimate of drug-likeness (QED) is 0.779. The average Bonchev–Trinajstić information content (AvgIpc) is 2.47. The molecule has 1 saturated carbocycles. The molecular formula is C9H15N3S2. The van der Waals surface area contributed by atoms with Crippen LogP contribution in [-0.2, 0) is 0 Å². The summed E-state index contributed by atoms with van der Waals surface area (Å²) >= 11 is 6.51. The lowest BCUT2D eigenvalue weighted by Crippen LogP contribution is -2.32. The van der Waals surface area contributed by atoms with Crippen LogP contribution >= 0.6 is 23.6 Å². The van der Waals surface area contributed by atoms with Gasteiger partial charge in [-0.2, -0.15) is 0 Å². The number of H-pyrrole nitrogens is 1. The Hall–Kier alpha value is -0.420. The third-order valence-electron chi connectivity index (χ3n) is 2.91. The number of anilines is 1. The summed E-state index contributed by atoms with van der Waals surface area (Å²) in [4.78, 5) is 0. The molecular weight excluding hydrogens is 214 g/mol. The molecule has 0 saturated heterocycles. The molecule has 0 aliphatic heterocycles. The Bertz CT molecular complexity index is 340. The summed E-state index contributed by atoms with van der Waals surface area (Å²) in [7, 11) is 0. The van der Waals surface area contributed by atoms with E-state index in [-0.39, 0.29) is 0 Å². The Morgan fingerprint density at radius 1 is 1.71 bits per heavy atom. The van der Waals surface area contributed by atoms with Gasteiger partial charge in [-0.15, -0.1) is 5.10 Å². The number of aromatic amines is 1. The fraction of sp³-hybridized carbons (Fsp3) is 0.778. The van der Waals surface area contributed by atoms with Crippen LogP contribution in [-0.4, -0.2) is 16.2 Å². The molecule has 1 aliphatic carbocycles. The monoisotopic (exact) mass is 229 g/mol. The molecule has 1 heterocycles. The SMILES string of the molecule is CCC(Nc1n[nH]c(=S)s1)C1CCC1. The van der Waals surface area contributed by atoms with Crippen molar-refractivity contribution in [3.63, 3.8) is 0 Å². The molecule has 1 atom stereocenters. The van der Waals surface area contributed by atoms with Gasteiger partial charge in [0, 0.05) is 6.04 Å². The lowest BCUT2D eigenvalue weighted by atomic mass is 9.79. The maximum atomic E-state index is 4.99. The fourth-order valence-corrected chi connectivity index (χ4v) is 2.70. The number of nitrogens with zero attached hydrogens (tertiary/aromatic N) is 1. The van der Waals surface area contributed by atoms with Crippen molar-refractivity contribution in [1.82, 2.24) is 10.2 Å². The molecule has 1 fully saturated rings. The molecule has 14 heavy (non-hydrogen) atoms. The maximum Gasteiger partial charge on any atom is 0.204 e. The Labute approximate surface area is 92.9 Å². The van der Waals surface area contributed by atoms with Crippen molar-refractivity contribution in [3.05, 3.63) is 3.95 Å². The number of hydrogen-bond donors (Lipinski definition) is 2. The van der Waals surface area contributed by atoms with E-state index >= 15 is 0 Å². The topological polar surface area (TPSA) is 40.7 Å². The second-order valence-electron chi connectivity index (χ2n) is 3.77. The number of nitrogens with one attached hydrogen (secondary N) is 2. The van der Waals surface area contributed by atoms with Crippen LogP contribution in [0.2, 0.25) is 0 Å². The van der Waals surface area contributed by atoms with Crippen molar-refractivity contribution in [2.75, 3.05) is 5.32 Å². The second kappa shape index (κ2) is 4.40. The Balaban J connectivity index is 1.96. The van der Waals surface area contributed by atoms with E-state index < -0.39 is 0 Å². The van der Waals surface area contributed by atoms with E-state index in [9.17, 15) is 0 Å². The van der Waals surface area contributed by atoms with Gasteiger partial charge in [-0.3, -0.25) is 5.10 Å². The summed E-state index contributed by atoms with van der Waals surface area (Å²) in [6.07, 6.45) is 5.28. The van der Waals surface area contributed by atoms with Crippen molar-refractivity contribution < 1.29 is 0 Å². The molecule has 0 bridgehead atoms. The first kappa shape index (κ1) is 10.1. The molecule has 0 aromatic carbocycles. The molecule has 1 unspecified atom stereocenters. The first-order valence-electron chi connectivity index (χ1n) is 5.11. The van der Waals surface area contributed by atoms with Gasteiger partial charge in [-0.05, 0) is 37.4 Å². The van der Waals surface area contributed by atoms with E-state index in [4.69, 9.17) is 12.2 Å². The molecule has 5 heteroatoms. The summed E-state index contributed by atoms with van der Waals surface area (Å²) < 4.78 is 0.746. The molecule has 1 aromatic rings. The Morgan fingerprint density at radius 3 is 2.93 bits per heavy atom. The molecule has 1 aliphatic rings. The fourth-order valence-electron chi connectivity index (χ4n) is 1.85. The zero-order valence-corrected chi connectivity index (χ0v) is 9.88. The van der Waals surface area contributed by atoms with Gasteiger partial charge < -0.3 is 5.32 Å². The molecule has 2 N–H and O–H groups in total. The molecule has 2 rings (SSSR count). The molecule has 1 aromatic heterocycles. The standard InChI is InChI=1S/C9H15N3S2/c1-2-7(6-4-3-5-6)10-8-11-12-9(13)14-8/h6-7H,2-5H2,1H3,(H,10,11)(H,12,13). The van der Waals surface area contributed by atoms with Crippen molar-refractivity contribution in [3.8, 4) is 0 Å². The van der Waals surface area contributed by atoms with Crippen LogP contribution in [0, 0.1) is 9.87 Å². The van der Waals surface area contributed by atoms with Gasteiger partial charge in [-0.25, -0.2) is 0 Å². The van der Waals surface area contributed by atoms with Gasteiger partial charge in [0.2, 0.25) is 5.13 Å². The smallest absolute Gasteiger partial charge is 0.204 e. The van der Waals surface area contributed by atoms with Gasteiger partial charge in [0.25, 0.3) is 0 Å². The second-order valence-corrected chi connectivity index (χ2v) is 5.43. The highest BCUT2D eigenvalue weighted by atomic mass is 32.1. The molecule has 3 nitrogen and oxygen atoms in total.